The SMILES string of the molecule is Cc1cc(OCc2nn(-c3ccc(C(F)(F)F)cc3)c3ccccc23)ccc1OCC(=O)O. The molecule has 1 aromatic heterocycles. The van der Waals surface area contributed by atoms with Crippen molar-refractivity contribution in [3.63, 3.8) is 0 Å². The van der Waals surface area contributed by atoms with Gasteiger partial charge >= 0.3 is 12.1 Å². The molecule has 4 rings (SSSR count). The number of aromatic nitrogens is 2. The highest BCUT2D eigenvalue weighted by Gasteiger charge is 2.30. The van der Waals surface area contributed by atoms with Crippen LogP contribution >= 0.6 is 0 Å². The molecule has 0 aliphatic heterocycles. The third-order valence-electron chi connectivity index (χ3n) is 4.98. The molecule has 0 bridgehead atoms. The molecule has 0 saturated carbocycles. The summed E-state index contributed by atoms with van der Waals surface area (Å²) in [5, 5.41) is 14.1. The number of nitrogens with zero attached hydrogens (tertiary/aromatic N) is 2. The highest BCUT2D eigenvalue weighted by atomic mass is 19.4. The number of aliphatic carboxylic acids is 1. The standard InChI is InChI=1S/C24H19F3N2O4/c1-15-12-18(10-11-22(15)33-14-23(30)31)32-13-20-19-4-2-3-5-21(19)29(28-20)17-8-6-16(7-9-17)24(25,26)27/h2-12H,13-14H2,1H3,(H,30,31). The van der Waals surface area contributed by atoms with E-state index in [4.69, 9.17) is 14.6 Å². The number of fused-ring (bicyclic) bond motifs is 1. The quantitative estimate of drug-likeness (QED) is 0.403. The number of rotatable bonds is 7. The minimum absolute atomic E-state index is 0.128. The number of carbonyl (C=O) groups is 1. The topological polar surface area (TPSA) is 73.6 Å². The molecule has 0 atom stereocenters. The van der Waals surface area contributed by atoms with Crippen molar-refractivity contribution in [3.05, 3.63) is 83.6 Å². The van der Waals surface area contributed by atoms with Crippen molar-refractivity contribution in [1.29, 1.82) is 0 Å². The minimum atomic E-state index is -4.41. The van der Waals surface area contributed by atoms with Crippen LogP contribution in [0.3, 0.4) is 0 Å². The van der Waals surface area contributed by atoms with E-state index in [1.165, 1.54) is 12.1 Å². The Morgan fingerprint density at radius 1 is 1.03 bits per heavy atom. The molecule has 4 aromatic rings. The van der Waals surface area contributed by atoms with Gasteiger partial charge in [0.15, 0.2) is 6.61 Å². The van der Waals surface area contributed by atoms with E-state index in [2.05, 4.69) is 5.10 Å². The molecule has 0 fully saturated rings. The lowest BCUT2D eigenvalue weighted by Gasteiger charge is -2.10. The van der Waals surface area contributed by atoms with Gasteiger partial charge in [-0.05, 0) is 61.0 Å². The largest absolute Gasteiger partial charge is 0.487 e. The van der Waals surface area contributed by atoms with Crippen LogP contribution in [-0.4, -0.2) is 27.5 Å². The molecule has 0 unspecified atom stereocenters. The summed E-state index contributed by atoms with van der Waals surface area (Å²) in [6, 6.07) is 17.2. The fourth-order valence-electron chi connectivity index (χ4n) is 3.39. The maximum absolute atomic E-state index is 12.9. The number of aryl methyl sites for hydroxylation is 1. The monoisotopic (exact) mass is 456 g/mol. The minimum Gasteiger partial charge on any atom is -0.487 e. The zero-order chi connectivity index (χ0) is 23.6. The fourth-order valence-corrected chi connectivity index (χ4v) is 3.39. The summed E-state index contributed by atoms with van der Waals surface area (Å²) in [4.78, 5) is 10.7. The molecule has 0 aliphatic carbocycles. The van der Waals surface area contributed by atoms with Gasteiger partial charge in [-0.15, -0.1) is 0 Å². The van der Waals surface area contributed by atoms with E-state index in [0.717, 1.165) is 23.0 Å². The number of para-hydroxylation sites is 1. The van der Waals surface area contributed by atoms with Crippen LogP contribution in [0.1, 0.15) is 16.8 Å². The highest BCUT2D eigenvalue weighted by molar-refractivity contribution is 5.83. The first-order valence-electron chi connectivity index (χ1n) is 9.94. The maximum Gasteiger partial charge on any atom is 0.416 e. The number of alkyl halides is 3. The van der Waals surface area contributed by atoms with Crippen molar-refractivity contribution in [2.75, 3.05) is 6.61 Å². The van der Waals surface area contributed by atoms with Crippen LogP contribution in [0.15, 0.2) is 66.7 Å². The summed E-state index contributed by atoms with van der Waals surface area (Å²) in [5.74, 6) is -0.0737. The normalized spacial score (nSPS) is 11.5. The molecule has 0 radical (unpaired) electrons. The van der Waals surface area contributed by atoms with Gasteiger partial charge in [-0.3, -0.25) is 0 Å². The molecular formula is C24H19F3N2O4. The average Bonchev–Trinajstić information content (AvgIpc) is 3.15. The van der Waals surface area contributed by atoms with Crippen molar-refractivity contribution in [1.82, 2.24) is 9.78 Å². The van der Waals surface area contributed by atoms with Crippen LogP contribution in [-0.2, 0) is 17.6 Å². The smallest absolute Gasteiger partial charge is 0.416 e. The van der Waals surface area contributed by atoms with Gasteiger partial charge < -0.3 is 14.6 Å². The zero-order valence-corrected chi connectivity index (χ0v) is 17.5. The predicted molar refractivity (Wildman–Crippen MR) is 115 cm³/mol. The van der Waals surface area contributed by atoms with Crippen molar-refractivity contribution in [2.45, 2.75) is 19.7 Å². The summed E-state index contributed by atoms with van der Waals surface area (Å²) < 4.78 is 51.4. The van der Waals surface area contributed by atoms with Gasteiger partial charge in [0.2, 0.25) is 0 Å². The third-order valence-corrected chi connectivity index (χ3v) is 4.98. The first-order valence-corrected chi connectivity index (χ1v) is 9.94. The van der Waals surface area contributed by atoms with E-state index < -0.39 is 24.3 Å². The lowest BCUT2D eigenvalue weighted by Crippen LogP contribution is -2.10. The maximum atomic E-state index is 12.9. The molecule has 0 spiro atoms. The van der Waals surface area contributed by atoms with E-state index in [1.807, 2.05) is 24.3 Å². The molecule has 170 valence electrons. The average molecular weight is 456 g/mol. The fraction of sp³-hybridized carbons (Fsp3) is 0.167. The number of carboxylic acid groups (broad SMARTS) is 1. The molecule has 1 N–H and O–H groups in total. The highest BCUT2D eigenvalue weighted by Crippen LogP contribution is 2.31. The lowest BCUT2D eigenvalue weighted by atomic mass is 10.2. The van der Waals surface area contributed by atoms with E-state index in [9.17, 15) is 18.0 Å². The van der Waals surface area contributed by atoms with Crippen molar-refractivity contribution < 1.29 is 32.5 Å². The van der Waals surface area contributed by atoms with Gasteiger partial charge in [-0.2, -0.15) is 18.3 Å². The molecule has 3 aromatic carbocycles. The summed E-state index contributed by atoms with van der Waals surface area (Å²) >= 11 is 0. The Labute approximate surface area is 186 Å². The number of hydrogen-bond acceptors (Lipinski definition) is 4. The Morgan fingerprint density at radius 3 is 2.42 bits per heavy atom. The van der Waals surface area contributed by atoms with Crippen LogP contribution in [0.4, 0.5) is 13.2 Å². The van der Waals surface area contributed by atoms with Crippen molar-refractivity contribution in [2.24, 2.45) is 0 Å². The summed E-state index contributed by atoms with van der Waals surface area (Å²) in [6.45, 7) is 1.47. The second-order valence-electron chi connectivity index (χ2n) is 7.32. The second kappa shape index (κ2) is 8.85. The number of carboxylic acids is 1. The van der Waals surface area contributed by atoms with E-state index in [-0.39, 0.29) is 6.61 Å². The van der Waals surface area contributed by atoms with Gasteiger partial charge in [0.05, 0.1) is 16.8 Å². The Hall–Kier alpha value is -4.01. The summed E-state index contributed by atoms with van der Waals surface area (Å²) in [6.07, 6.45) is -4.41. The number of halogens is 3. The van der Waals surface area contributed by atoms with Crippen molar-refractivity contribution in [3.8, 4) is 17.2 Å². The molecule has 6 nitrogen and oxygen atoms in total. The van der Waals surface area contributed by atoms with E-state index in [0.29, 0.717) is 28.4 Å². The van der Waals surface area contributed by atoms with Crippen LogP contribution in [0.2, 0.25) is 0 Å². The summed E-state index contributed by atoms with van der Waals surface area (Å²) in [5.41, 5.74) is 1.85. The first-order chi connectivity index (χ1) is 15.7. The van der Waals surface area contributed by atoms with Crippen LogP contribution < -0.4 is 9.47 Å². The molecule has 0 amide bonds. The molecule has 9 heteroatoms. The number of ether oxygens (including phenoxy) is 2. The Kier molecular flexibility index (Phi) is 5.95. The van der Waals surface area contributed by atoms with Crippen LogP contribution in [0.25, 0.3) is 16.6 Å². The molecule has 33 heavy (non-hydrogen) atoms. The van der Waals surface area contributed by atoms with Gasteiger partial charge in [-0.25, -0.2) is 9.48 Å². The second-order valence-corrected chi connectivity index (χ2v) is 7.32. The molecular weight excluding hydrogens is 437 g/mol. The van der Waals surface area contributed by atoms with Gasteiger partial charge in [0.1, 0.15) is 23.8 Å². The van der Waals surface area contributed by atoms with E-state index in [1.54, 1.807) is 29.8 Å². The lowest BCUT2D eigenvalue weighted by molar-refractivity contribution is -0.139. The Balaban J connectivity index is 1.57. The van der Waals surface area contributed by atoms with Gasteiger partial charge in [-0.1, -0.05) is 18.2 Å². The Bertz CT molecular complexity index is 1300. The van der Waals surface area contributed by atoms with Crippen LogP contribution in [0.5, 0.6) is 11.5 Å². The van der Waals surface area contributed by atoms with Crippen molar-refractivity contribution >= 4 is 16.9 Å². The number of hydrogen-bond donors (Lipinski definition) is 1. The first kappa shape index (κ1) is 22.2. The van der Waals surface area contributed by atoms with Gasteiger partial charge in [0, 0.05) is 5.39 Å². The number of benzene rings is 3. The third kappa shape index (κ3) is 4.92. The summed E-state index contributed by atoms with van der Waals surface area (Å²) in [7, 11) is 0. The predicted octanol–water partition coefficient (Wildman–Crippen LogP) is 5.40. The molecule has 0 aliphatic rings. The molecule has 0 saturated heterocycles. The van der Waals surface area contributed by atoms with Crippen LogP contribution in [0, 0.1) is 6.92 Å². The zero-order valence-electron chi connectivity index (χ0n) is 17.5. The van der Waals surface area contributed by atoms with E-state index >= 15 is 0 Å². The van der Waals surface area contributed by atoms with Gasteiger partial charge in [0.25, 0.3) is 0 Å². The molecule has 1 heterocycles. The Morgan fingerprint density at radius 2 is 1.76 bits per heavy atom.